The van der Waals surface area contributed by atoms with Gasteiger partial charge in [0.25, 0.3) is 0 Å². The standard InChI is InChI=1S/C27H25F3N4O4/c1-36-26(35)22-12-32-23(13-31-22)34-16-8-9-17(34)11-18(10-16)37-14-20-24(33-38-25(20)15-6-7-15)19-4-2-3-5-21(19)27(28,29)30/h2-5,10,12-13,15-17H,6-9,11,14H2,1H3. The zero-order valence-electron chi connectivity index (χ0n) is 20.6. The largest absolute Gasteiger partial charge is 0.493 e. The lowest BCUT2D eigenvalue weighted by Crippen LogP contribution is -2.39. The van der Waals surface area contributed by atoms with Crippen LogP contribution in [0.3, 0.4) is 0 Å². The summed E-state index contributed by atoms with van der Waals surface area (Å²) in [5.74, 6) is 1.68. The number of esters is 1. The normalized spacial score (nSPS) is 20.8. The molecule has 1 saturated carbocycles. The van der Waals surface area contributed by atoms with Gasteiger partial charge in [0.15, 0.2) is 5.69 Å². The van der Waals surface area contributed by atoms with Gasteiger partial charge in [-0.25, -0.2) is 14.8 Å². The Morgan fingerprint density at radius 1 is 1.13 bits per heavy atom. The van der Waals surface area contributed by atoms with Crippen LogP contribution in [-0.4, -0.2) is 40.3 Å². The number of anilines is 1. The lowest BCUT2D eigenvalue weighted by Gasteiger charge is -2.34. The monoisotopic (exact) mass is 526 g/mol. The zero-order valence-corrected chi connectivity index (χ0v) is 20.6. The smallest absolute Gasteiger partial charge is 0.417 e. The first-order valence-electron chi connectivity index (χ1n) is 12.5. The van der Waals surface area contributed by atoms with E-state index in [1.807, 2.05) is 6.08 Å². The molecule has 2 fully saturated rings. The average Bonchev–Trinajstić information content (AvgIpc) is 3.62. The van der Waals surface area contributed by atoms with Gasteiger partial charge in [-0.3, -0.25) is 0 Å². The van der Waals surface area contributed by atoms with Crippen molar-refractivity contribution in [3.8, 4) is 11.3 Å². The molecule has 3 aliphatic rings. The average molecular weight is 527 g/mol. The van der Waals surface area contributed by atoms with Crippen LogP contribution in [0, 0.1) is 0 Å². The number of hydrogen-bond acceptors (Lipinski definition) is 8. The second-order valence-corrected chi connectivity index (χ2v) is 9.77. The molecule has 2 atom stereocenters. The first-order valence-corrected chi connectivity index (χ1v) is 12.5. The number of hydrogen-bond donors (Lipinski definition) is 0. The molecule has 1 aliphatic carbocycles. The molecule has 3 aromatic rings. The first-order chi connectivity index (χ1) is 18.3. The van der Waals surface area contributed by atoms with Crippen molar-refractivity contribution in [2.45, 2.75) is 62.9 Å². The van der Waals surface area contributed by atoms with Crippen LogP contribution in [0.4, 0.5) is 19.0 Å². The van der Waals surface area contributed by atoms with E-state index >= 15 is 0 Å². The topological polar surface area (TPSA) is 90.6 Å². The Morgan fingerprint density at radius 3 is 2.63 bits per heavy atom. The van der Waals surface area contributed by atoms with Crippen LogP contribution >= 0.6 is 0 Å². The van der Waals surface area contributed by atoms with Crippen LogP contribution in [0.1, 0.15) is 65.4 Å². The van der Waals surface area contributed by atoms with E-state index in [-0.39, 0.29) is 41.6 Å². The fraction of sp³-hybridized carbons (Fsp3) is 0.407. The van der Waals surface area contributed by atoms with E-state index in [4.69, 9.17) is 9.26 Å². The highest BCUT2D eigenvalue weighted by Crippen LogP contribution is 2.46. The predicted molar refractivity (Wildman–Crippen MR) is 129 cm³/mol. The molecule has 2 aliphatic heterocycles. The third-order valence-electron chi connectivity index (χ3n) is 7.31. The number of ether oxygens (including phenoxy) is 2. The van der Waals surface area contributed by atoms with Crippen LogP contribution in [0.15, 0.2) is 53.0 Å². The molecule has 2 aromatic heterocycles. The minimum absolute atomic E-state index is 0.00732. The molecule has 2 unspecified atom stereocenters. The van der Waals surface area contributed by atoms with Gasteiger partial charge < -0.3 is 18.9 Å². The highest BCUT2D eigenvalue weighted by atomic mass is 19.4. The maximum Gasteiger partial charge on any atom is 0.417 e. The summed E-state index contributed by atoms with van der Waals surface area (Å²) in [7, 11) is 1.29. The van der Waals surface area contributed by atoms with Gasteiger partial charge in [0.05, 0.1) is 42.4 Å². The minimum Gasteiger partial charge on any atom is -0.493 e. The number of nitrogens with zero attached hydrogens (tertiary/aromatic N) is 4. The van der Waals surface area contributed by atoms with Gasteiger partial charge in [-0.1, -0.05) is 23.4 Å². The maximum atomic E-state index is 13.7. The number of benzene rings is 1. The Kier molecular flexibility index (Phi) is 6.08. The van der Waals surface area contributed by atoms with Gasteiger partial charge in [0, 0.05) is 23.9 Å². The van der Waals surface area contributed by atoms with E-state index in [9.17, 15) is 18.0 Å². The molecule has 2 bridgehead atoms. The molecule has 8 nitrogen and oxygen atoms in total. The second kappa shape index (κ2) is 9.45. The van der Waals surface area contributed by atoms with E-state index in [2.05, 4.69) is 24.8 Å². The molecular weight excluding hydrogens is 501 g/mol. The summed E-state index contributed by atoms with van der Waals surface area (Å²) in [5.41, 5.74) is 0.142. The molecule has 0 N–H and O–H groups in total. The Hall–Kier alpha value is -3.89. The van der Waals surface area contributed by atoms with Crippen molar-refractivity contribution in [3.05, 3.63) is 71.1 Å². The van der Waals surface area contributed by atoms with E-state index < -0.39 is 17.7 Å². The van der Waals surface area contributed by atoms with Gasteiger partial charge in [0.2, 0.25) is 0 Å². The fourth-order valence-electron chi connectivity index (χ4n) is 5.36. The zero-order chi connectivity index (χ0) is 26.4. The molecular formula is C27H25F3N4O4. The van der Waals surface area contributed by atoms with Crippen LogP contribution in [0.2, 0.25) is 0 Å². The Balaban J connectivity index is 1.23. The number of fused-ring (bicyclic) bond motifs is 2. The van der Waals surface area contributed by atoms with Gasteiger partial charge >= 0.3 is 12.1 Å². The molecule has 6 rings (SSSR count). The molecule has 1 saturated heterocycles. The number of methoxy groups -OCH3 is 1. The minimum atomic E-state index is -4.51. The number of carbonyl (C=O) groups is 1. The highest BCUT2D eigenvalue weighted by molar-refractivity contribution is 5.86. The van der Waals surface area contributed by atoms with Crippen LogP contribution in [-0.2, 0) is 22.3 Å². The van der Waals surface area contributed by atoms with Gasteiger partial charge in [-0.2, -0.15) is 13.2 Å². The molecule has 0 amide bonds. The number of aromatic nitrogens is 3. The quantitative estimate of drug-likeness (QED) is 0.365. The number of rotatable bonds is 7. The van der Waals surface area contributed by atoms with Crippen molar-refractivity contribution < 1.29 is 32.0 Å². The van der Waals surface area contributed by atoms with Crippen molar-refractivity contribution in [3.63, 3.8) is 0 Å². The Labute approximate surface area is 216 Å². The molecule has 38 heavy (non-hydrogen) atoms. The van der Waals surface area contributed by atoms with Gasteiger partial charge in [-0.15, -0.1) is 0 Å². The summed E-state index contributed by atoms with van der Waals surface area (Å²) >= 11 is 0. The molecule has 0 radical (unpaired) electrons. The predicted octanol–water partition coefficient (Wildman–Crippen LogP) is 5.66. The molecule has 11 heteroatoms. The third-order valence-corrected chi connectivity index (χ3v) is 7.31. The lowest BCUT2D eigenvalue weighted by molar-refractivity contribution is -0.137. The van der Waals surface area contributed by atoms with E-state index in [1.54, 1.807) is 12.3 Å². The Bertz CT molecular complexity index is 1380. The molecule has 4 heterocycles. The SMILES string of the molecule is COC(=O)c1cnc(N2C3C=C(OCc4c(-c5ccccc5C(F)(F)F)noc4C4CC4)CC2CC3)cn1. The highest BCUT2D eigenvalue weighted by Gasteiger charge is 2.40. The lowest BCUT2D eigenvalue weighted by atomic mass is 9.99. The summed E-state index contributed by atoms with van der Waals surface area (Å²) in [6.07, 6.45) is 4.79. The van der Waals surface area contributed by atoms with Gasteiger partial charge in [0.1, 0.15) is 23.9 Å². The van der Waals surface area contributed by atoms with Crippen molar-refractivity contribution >= 4 is 11.8 Å². The molecule has 1 aromatic carbocycles. The van der Waals surface area contributed by atoms with Crippen LogP contribution in [0.5, 0.6) is 0 Å². The number of alkyl halides is 3. The summed E-state index contributed by atoms with van der Waals surface area (Å²) in [6, 6.07) is 5.59. The summed E-state index contributed by atoms with van der Waals surface area (Å²) in [4.78, 5) is 22.4. The van der Waals surface area contributed by atoms with E-state index in [0.29, 0.717) is 23.6 Å². The molecule has 198 valence electrons. The van der Waals surface area contributed by atoms with Crippen molar-refractivity contribution in [1.29, 1.82) is 0 Å². The van der Waals surface area contributed by atoms with E-state index in [1.165, 1.54) is 25.4 Å². The Morgan fingerprint density at radius 2 is 1.95 bits per heavy atom. The summed E-state index contributed by atoms with van der Waals surface area (Å²) in [5, 5.41) is 4.07. The number of carbonyl (C=O) groups excluding carboxylic acids is 1. The second-order valence-electron chi connectivity index (χ2n) is 9.77. The van der Waals surface area contributed by atoms with Gasteiger partial charge in [-0.05, 0) is 37.8 Å². The summed E-state index contributed by atoms with van der Waals surface area (Å²) < 4.78 is 57.7. The summed E-state index contributed by atoms with van der Waals surface area (Å²) in [6.45, 7) is 0.0791. The van der Waals surface area contributed by atoms with E-state index in [0.717, 1.165) is 37.5 Å². The third kappa shape index (κ3) is 4.50. The van der Waals surface area contributed by atoms with Crippen molar-refractivity contribution in [2.75, 3.05) is 12.0 Å². The first kappa shape index (κ1) is 24.4. The number of halogens is 3. The fourth-order valence-corrected chi connectivity index (χ4v) is 5.36. The van der Waals surface area contributed by atoms with Crippen molar-refractivity contribution in [1.82, 2.24) is 15.1 Å². The maximum absolute atomic E-state index is 13.7. The van der Waals surface area contributed by atoms with Crippen molar-refractivity contribution in [2.24, 2.45) is 0 Å². The van der Waals surface area contributed by atoms with Crippen LogP contribution < -0.4 is 4.90 Å². The molecule has 0 spiro atoms. The van der Waals surface area contributed by atoms with Crippen LogP contribution in [0.25, 0.3) is 11.3 Å².